The Morgan fingerprint density at radius 1 is 1.25 bits per heavy atom. The van der Waals surface area contributed by atoms with Crippen LogP contribution < -0.4 is 16.0 Å². The maximum Gasteiger partial charge on any atom is 0.418 e. The van der Waals surface area contributed by atoms with Crippen molar-refractivity contribution in [2.75, 3.05) is 17.2 Å². The van der Waals surface area contributed by atoms with Crippen molar-refractivity contribution in [3.05, 3.63) is 35.5 Å². The zero-order chi connectivity index (χ0) is 17.5. The van der Waals surface area contributed by atoms with Crippen molar-refractivity contribution in [3.8, 4) is 0 Å². The molecule has 132 valence electrons. The average Bonchev–Trinajstić information content (AvgIpc) is 2.83. The van der Waals surface area contributed by atoms with Gasteiger partial charge in [0.15, 0.2) is 0 Å². The van der Waals surface area contributed by atoms with Gasteiger partial charge < -0.3 is 16.0 Å². The van der Waals surface area contributed by atoms with Gasteiger partial charge in [-0.05, 0) is 49.2 Å². The van der Waals surface area contributed by atoms with Crippen molar-refractivity contribution < 1.29 is 13.2 Å². The lowest BCUT2D eigenvalue weighted by Gasteiger charge is -2.22. The number of rotatable bonds is 4. The van der Waals surface area contributed by atoms with Crippen molar-refractivity contribution in [2.24, 2.45) is 5.92 Å². The lowest BCUT2D eigenvalue weighted by atomic mass is 9.91. The molecule has 1 aromatic rings. The minimum Gasteiger partial charge on any atom is -0.390 e. The van der Waals surface area contributed by atoms with Gasteiger partial charge >= 0.3 is 6.18 Å². The molecule has 0 radical (unpaired) electrons. The Hall–Kier alpha value is -1.85. The van der Waals surface area contributed by atoms with E-state index in [1.807, 2.05) is 19.1 Å². The molecule has 6 heteroatoms. The van der Waals surface area contributed by atoms with Crippen LogP contribution in [0.25, 0.3) is 0 Å². The summed E-state index contributed by atoms with van der Waals surface area (Å²) in [5, 5.41) is 9.41. The minimum absolute atomic E-state index is 0.0215. The highest BCUT2D eigenvalue weighted by Crippen LogP contribution is 2.46. The third-order valence-corrected chi connectivity index (χ3v) is 4.62. The Morgan fingerprint density at radius 2 is 2.00 bits per heavy atom. The minimum atomic E-state index is -4.37. The van der Waals surface area contributed by atoms with Gasteiger partial charge in [0, 0.05) is 24.2 Å². The molecule has 2 aliphatic rings. The predicted molar refractivity (Wildman–Crippen MR) is 91.3 cm³/mol. The molecule has 0 bridgehead atoms. The number of fused-ring (bicyclic) bond motifs is 3. The smallest absolute Gasteiger partial charge is 0.390 e. The molecule has 2 heterocycles. The second-order valence-electron chi connectivity index (χ2n) is 7.20. The summed E-state index contributed by atoms with van der Waals surface area (Å²) in [6, 6.07) is 3.15. The highest BCUT2D eigenvalue weighted by atomic mass is 19.4. The maximum absolute atomic E-state index is 13.5. The van der Waals surface area contributed by atoms with E-state index >= 15 is 0 Å². The monoisotopic (exact) mass is 339 g/mol. The first-order valence-corrected chi connectivity index (χ1v) is 8.44. The lowest BCUT2D eigenvalue weighted by Crippen LogP contribution is -2.30. The third-order valence-electron chi connectivity index (χ3n) is 4.62. The zero-order valence-corrected chi connectivity index (χ0v) is 14.2. The molecule has 1 aromatic carbocycles. The van der Waals surface area contributed by atoms with Crippen LogP contribution in [0.3, 0.4) is 0 Å². The number of alkyl halides is 3. The molecule has 0 aromatic heterocycles. The molecule has 1 unspecified atom stereocenters. The summed E-state index contributed by atoms with van der Waals surface area (Å²) in [6.45, 7) is 6.86. The fourth-order valence-electron chi connectivity index (χ4n) is 3.72. The molecular formula is C18H24F3N3. The van der Waals surface area contributed by atoms with E-state index in [1.54, 1.807) is 6.20 Å². The Kier molecular flexibility index (Phi) is 4.40. The van der Waals surface area contributed by atoms with Crippen LogP contribution in [0.2, 0.25) is 0 Å². The molecule has 0 aliphatic carbocycles. The standard InChI is InChI=1S/C18H24F3N3/c1-10(2)6-11(3)23-12-7-13-14-9-22-5-4-16(14)24-17(13)15(8-12)18(19,20)21/h4-5,7-8,10-11,14,16,22-24H,6,9H2,1-3H3/t11?,14-,16-/m0/s1. The molecule has 3 rings (SSSR count). The highest BCUT2D eigenvalue weighted by molar-refractivity contribution is 5.72. The molecule has 3 atom stereocenters. The van der Waals surface area contributed by atoms with Gasteiger partial charge in [0.2, 0.25) is 0 Å². The highest BCUT2D eigenvalue weighted by Gasteiger charge is 2.41. The van der Waals surface area contributed by atoms with E-state index in [-0.39, 0.29) is 23.7 Å². The van der Waals surface area contributed by atoms with Gasteiger partial charge in [-0.25, -0.2) is 0 Å². The molecule has 24 heavy (non-hydrogen) atoms. The van der Waals surface area contributed by atoms with E-state index in [1.165, 1.54) is 6.07 Å². The predicted octanol–water partition coefficient (Wildman–Crippen LogP) is 4.55. The molecule has 0 saturated heterocycles. The quantitative estimate of drug-likeness (QED) is 0.753. The van der Waals surface area contributed by atoms with Crippen LogP contribution in [0.4, 0.5) is 24.5 Å². The molecular weight excluding hydrogens is 315 g/mol. The van der Waals surface area contributed by atoms with E-state index < -0.39 is 11.7 Å². The van der Waals surface area contributed by atoms with E-state index in [9.17, 15) is 13.2 Å². The Bertz CT molecular complexity index is 637. The first kappa shape index (κ1) is 17.0. The summed E-state index contributed by atoms with van der Waals surface area (Å²) in [4.78, 5) is 0. The summed E-state index contributed by atoms with van der Waals surface area (Å²) in [5.41, 5.74) is 0.937. The number of hydrogen-bond donors (Lipinski definition) is 3. The molecule has 2 aliphatic heterocycles. The van der Waals surface area contributed by atoms with Crippen LogP contribution in [0.5, 0.6) is 0 Å². The van der Waals surface area contributed by atoms with Crippen LogP contribution in [0.15, 0.2) is 24.4 Å². The second-order valence-corrected chi connectivity index (χ2v) is 7.20. The summed E-state index contributed by atoms with van der Waals surface area (Å²) >= 11 is 0. The third kappa shape index (κ3) is 3.32. The molecule has 0 saturated carbocycles. The van der Waals surface area contributed by atoms with Gasteiger partial charge in [0.25, 0.3) is 0 Å². The Labute approximate surface area is 140 Å². The molecule has 0 spiro atoms. The van der Waals surface area contributed by atoms with Crippen molar-refractivity contribution in [1.82, 2.24) is 5.32 Å². The average molecular weight is 339 g/mol. The van der Waals surface area contributed by atoms with Gasteiger partial charge in [-0.15, -0.1) is 0 Å². The molecule has 3 N–H and O–H groups in total. The molecule has 0 fully saturated rings. The summed E-state index contributed by atoms with van der Waals surface area (Å²) in [7, 11) is 0. The first-order valence-electron chi connectivity index (χ1n) is 8.44. The van der Waals surface area contributed by atoms with Crippen molar-refractivity contribution in [2.45, 2.75) is 51.4 Å². The normalized spacial score (nSPS) is 23.3. The van der Waals surface area contributed by atoms with Gasteiger partial charge in [-0.1, -0.05) is 13.8 Å². The van der Waals surface area contributed by atoms with Crippen LogP contribution >= 0.6 is 0 Å². The number of hydrogen-bond acceptors (Lipinski definition) is 3. The maximum atomic E-state index is 13.5. The van der Waals surface area contributed by atoms with Crippen LogP contribution in [-0.4, -0.2) is 18.6 Å². The Morgan fingerprint density at radius 3 is 2.67 bits per heavy atom. The second kappa shape index (κ2) is 6.22. The number of halogens is 3. The fourth-order valence-corrected chi connectivity index (χ4v) is 3.72. The van der Waals surface area contributed by atoms with E-state index in [0.29, 0.717) is 18.2 Å². The van der Waals surface area contributed by atoms with Crippen molar-refractivity contribution in [1.29, 1.82) is 0 Å². The number of nitrogens with one attached hydrogen (secondary N) is 3. The Balaban J connectivity index is 1.97. The summed E-state index contributed by atoms with van der Waals surface area (Å²) < 4.78 is 40.6. The van der Waals surface area contributed by atoms with Gasteiger partial charge in [0.1, 0.15) is 0 Å². The summed E-state index contributed by atoms with van der Waals surface area (Å²) in [5.74, 6) is 0.510. The van der Waals surface area contributed by atoms with E-state index in [2.05, 4.69) is 29.8 Å². The van der Waals surface area contributed by atoms with Crippen LogP contribution in [-0.2, 0) is 6.18 Å². The topological polar surface area (TPSA) is 36.1 Å². The van der Waals surface area contributed by atoms with Crippen molar-refractivity contribution in [3.63, 3.8) is 0 Å². The van der Waals surface area contributed by atoms with Gasteiger partial charge in [0.05, 0.1) is 17.3 Å². The summed E-state index contributed by atoms with van der Waals surface area (Å²) in [6.07, 6.45) is 0.230. The van der Waals surface area contributed by atoms with Crippen LogP contribution in [0.1, 0.15) is 44.2 Å². The number of benzene rings is 1. The number of anilines is 2. The lowest BCUT2D eigenvalue weighted by molar-refractivity contribution is -0.136. The molecule has 0 amide bonds. The fraction of sp³-hybridized carbons (Fsp3) is 0.556. The van der Waals surface area contributed by atoms with E-state index in [4.69, 9.17) is 0 Å². The SMILES string of the molecule is CC(C)CC(C)Nc1cc2c(c(C(F)(F)F)c1)N[C@H]1C=CNC[C@@H]21. The molecule has 3 nitrogen and oxygen atoms in total. The largest absolute Gasteiger partial charge is 0.418 e. The zero-order valence-electron chi connectivity index (χ0n) is 14.2. The van der Waals surface area contributed by atoms with Crippen molar-refractivity contribution >= 4 is 11.4 Å². The first-order chi connectivity index (χ1) is 11.3. The van der Waals surface area contributed by atoms with Gasteiger partial charge in [-0.3, -0.25) is 0 Å². The van der Waals surface area contributed by atoms with Crippen LogP contribution in [0, 0.1) is 5.92 Å². The van der Waals surface area contributed by atoms with E-state index in [0.717, 1.165) is 12.0 Å². The van der Waals surface area contributed by atoms with Gasteiger partial charge in [-0.2, -0.15) is 13.2 Å².